The van der Waals surface area contributed by atoms with Crippen LogP contribution in [0.4, 0.5) is 0 Å². The van der Waals surface area contributed by atoms with E-state index in [1.165, 1.54) is 18.4 Å². The molecule has 1 aromatic carbocycles. The van der Waals surface area contributed by atoms with Gasteiger partial charge in [-0.2, -0.15) is 0 Å². The molecule has 0 aliphatic carbocycles. The first-order valence-corrected chi connectivity index (χ1v) is 6.81. The van der Waals surface area contributed by atoms with Crippen molar-refractivity contribution < 1.29 is 4.79 Å². The summed E-state index contributed by atoms with van der Waals surface area (Å²) in [5.74, 6) is 0. The van der Waals surface area contributed by atoms with Crippen molar-refractivity contribution in [2.24, 2.45) is 0 Å². The van der Waals surface area contributed by atoms with E-state index in [0.29, 0.717) is 6.42 Å². The van der Waals surface area contributed by atoms with Crippen LogP contribution < -0.4 is 0 Å². The number of nitrogens with zero attached hydrogens (tertiary/aromatic N) is 1. The monoisotopic (exact) mass is 253 g/mol. The van der Waals surface area contributed by atoms with Gasteiger partial charge in [-0.05, 0) is 30.0 Å². The summed E-state index contributed by atoms with van der Waals surface area (Å²) >= 11 is 0. The molecular weight excluding hydrogens is 234 g/mol. The van der Waals surface area contributed by atoms with Crippen LogP contribution in [0.1, 0.15) is 30.9 Å². The maximum Gasteiger partial charge on any atom is 0.124 e. The fraction of sp³-hybridized carbons (Fsp3) is 0.294. The van der Waals surface area contributed by atoms with E-state index in [1.54, 1.807) is 6.20 Å². The van der Waals surface area contributed by atoms with E-state index in [4.69, 9.17) is 0 Å². The van der Waals surface area contributed by atoms with Crippen LogP contribution in [0.2, 0.25) is 0 Å². The number of carbonyl (C=O) groups is 1. The average molecular weight is 253 g/mol. The normalized spacial score (nSPS) is 10.4. The number of hydrogen-bond acceptors (Lipinski definition) is 2. The van der Waals surface area contributed by atoms with E-state index in [-0.39, 0.29) is 0 Å². The van der Waals surface area contributed by atoms with Crippen LogP contribution in [0.25, 0.3) is 11.3 Å². The molecule has 1 aromatic heterocycles. The van der Waals surface area contributed by atoms with Gasteiger partial charge in [0, 0.05) is 18.2 Å². The Morgan fingerprint density at radius 1 is 1.05 bits per heavy atom. The molecule has 0 unspecified atom stereocenters. The van der Waals surface area contributed by atoms with Gasteiger partial charge in [-0.1, -0.05) is 43.7 Å². The third-order valence-electron chi connectivity index (χ3n) is 3.21. The summed E-state index contributed by atoms with van der Waals surface area (Å²) < 4.78 is 0. The van der Waals surface area contributed by atoms with Crippen LogP contribution in [-0.2, 0) is 17.6 Å². The van der Waals surface area contributed by atoms with Gasteiger partial charge in [0.05, 0.1) is 5.69 Å². The molecule has 2 aromatic rings. The molecule has 0 saturated carbocycles. The number of pyridine rings is 1. The topological polar surface area (TPSA) is 30.0 Å². The minimum absolute atomic E-state index is 0.434. The van der Waals surface area contributed by atoms with Crippen molar-refractivity contribution in [2.75, 3.05) is 0 Å². The zero-order valence-corrected chi connectivity index (χ0v) is 11.3. The molecule has 2 rings (SSSR count). The lowest BCUT2D eigenvalue weighted by Crippen LogP contribution is -1.90. The second kappa shape index (κ2) is 6.83. The standard InChI is InChI=1S/C17H19NO/c1-2-3-4-14-5-8-16(9-6-14)17-10-7-15(11-12-19)13-18-17/h5-10,12-13H,2-4,11H2,1H3. The van der Waals surface area contributed by atoms with Crippen molar-refractivity contribution in [3.05, 3.63) is 53.7 Å². The van der Waals surface area contributed by atoms with Crippen molar-refractivity contribution in [3.63, 3.8) is 0 Å². The molecular formula is C17H19NO. The van der Waals surface area contributed by atoms with E-state index in [2.05, 4.69) is 36.2 Å². The van der Waals surface area contributed by atoms with Gasteiger partial charge >= 0.3 is 0 Å². The Bertz CT molecular complexity index is 514. The maximum absolute atomic E-state index is 10.4. The van der Waals surface area contributed by atoms with Crippen molar-refractivity contribution in [1.82, 2.24) is 4.98 Å². The lowest BCUT2D eigenvalue weighted by Gasteiger charge is -2.04. The largest absolute Gasteiger partial charge is 0.303 e. The van der Waals surface area contributed by atoms with Gasteiger partial charge in [0.1, 0.15) is 6.29 Å². The summed E-state index contributed by atoms with van der Waals surface area (Å²) in [5.41, 5.74) is 4.41. The molecule has 0 spiro atoms. The maximum atomic E-state index is 10.4. The van der Waals surface area contributed by atoms with Crippen LogP contribution >= 0.6 is 0 Å². The number of aldehydes is 1. The first kappa shape index (κ1) is 13.5. The Morgan fingerprint density at radius 3 is 2.37 bits per heavy atom. The lowest BCUT2D eigenvalue weighted by atomic mass is 10.0. The van der Waals surface area contributed by atoms with Gasteiger partial charge in [-0.25, -0.2) is 0 Å². The third-order valence-corrected chi connectivity index (χ3v) is 3.21. The molecule has 0 fully saturated rings. The fourth-order valence-electron chi connectivity index (χ4n) is 2.04. The molecule has 0 bridgehead atoms. The predicted octanol–water partition coefficient (Wildman–Crippen LogP) is 3.83. The van der Waals surface area contributed by atoms with Gasteiger partial charge < -0.3 is 4.79 Å². The first-order valence-electron chi connectivity index (χ1n) is 6.81. The Labute approximate surface area is 114 Å². The van der Waals surface area contributed by atoms with Crippen molar-refractivity contribution in [3.8, 4) is 11.3 Å². The molecule has 2 nitrogen and oxygen atoms in total. The molecule has 0 atom stereocenters. The number of aromatic nitrogens is 1. The highest BCUT2D eigenvalue weighted by Gasteiger charge is 2.00. The molecule has 0 saturated heterocycles. The quantitative estimate of drug-likeness (QED) is 0.732. The van der Waals surface area contributed by atoms with Crippen LogP contribution in [0.15, 0.2) is 42.6 Å². The second-order valence-corrected chi connectivity index (χ2v) is 4.72. The average Bonchev–Trinajstić information content (AvgIpc) is 2.47. The highest BCUT2D eigenvalue weighted by Crippen LogP contribution is 2.18. The van der Waals surface area contributed by atoms with Gasteiger partial charge in [0.15, 0.2) is 0 Å². The minimum Gasteiger partial charge on any atom is -0.303 e. The highest BCUT2D eigenvalue weighted by atomic mass is 16.1. The zero-order chi connectivity index (χ0) is 13.5. The van der Waals surface area contributed by atoms with Gasteiger partial charge in [-0.15, -0.1) is 0 Å². The zero-order valence-electron chi connectivity index (χ0n) is 11.3. The van der Waals surface area contributed by atoms with E-state index in [9.17, 15) is 4.79 Å². The number of rotatable bonds is 6. The summed E-state index contributed by atoms with van der Waals surface area (Å²) in [7, 11) is 0. The van der Waals surface area contributed by atoms with E-state index < -0.39 is 0 Å². The van der Waals surface area contributed by atoms with Gasteiger partial charge in [0.2, 0.25) is 0 Å². The Balaban J connectivity index is 2.10. The molecule has 0 amide bonds. The fourth-order valence-corrected chi connectivity index (χ4v) is 2.04. The molecule has 1 heterocycles. The molecule has 0 radical (unpaired) electrons. The summed E-state index contributed by atoms with van der Waals surface area (Å²) in [4.78, 5) is 14.8. The first-order chi connectivity index (χ1) is 9.33. The van der Waals surface area contributed by atoms with E-state index in [0.717, 1.165) is 29.5 Å². The van der Waals surface area contributed by atoms with Crippen LogP contribution in [0.3, 0.4) is 0 Å². The number of benzene rings is 1. The Morgan fingerprint density at radius 2 is 1.79 bits per heavy atom. The van der Waals surface area contributed by atoms with Crippen LogP contribution in [-0.4, -0.2) is 11.3 Å². The van der Waals surface area contributed by atoms with Crippen molar-refractivity contribution >= 4 is 6.29 Å². The minimum atomic E-state index is 0.434. The summed E-state index contributed by atoms with van der Waals surface area (Å²) in [6, 6.07) is 12.5. The Hall–Kier alpha value is -1.96. The Kier molecular flexibility index (Phi) is 4.85. The molecule has 2 heteroatoms. The summed E-state index contributed by atoms with van der Waals surface area (Å²) in [6.45, 7) is 2.21. The molecule has 19 heavy (non-hydrogen) atoms. The third kappa shape index (κ3) is 3.75. The molecule has 0 aliphatic rings. The van der Waals surface area contributed by atoms with Crippen LogP contribution in [0.5, 0.6) is 0 Å². The number of carbonyl (C=O) groups excluding carboxylic acids is 1. The van der Waals surface area contributed by atoms with Gasteiger partial charge in [0.25, 0.3) is 0 Å². The smallest absolute Gasteiger partial charge is 0.124 e. The summed E-state index contributed by atoms with van der Waals surface area (Å²) in [5, 5.41) is 0. The predicted molar refractivity (Wildman–Crippen MR) is 78.1 cm³/mol. The van der Waals surface area contributed by atoms with E-state index >= 15 is 0 Å². The van der Waals surface area contributed by atoms with Crippen molar-refractivity contribution in [2.45, 2.75) is 32.6 Å². The molecule has 0 N–H and O–H groups in total. The van der Waals surface area contributed by atoms with E-state index in [1.807, 2.05) is 12.1 Å². The number of unbranched alkanes of at least 4 members (excludes halogenated alkanes) is 1. The lowest BCUT2D eigenvalue weighted by molar-refractivity contribution is -0.107. The number of aryl methyl sites for hydroxylation is 1. The second-order valence-electron chi connectivity index (χ2n) is 4.72. The number of hydrogen-bond donors (Lipinski definition) is 0. The molecule has 0 aliphatic heterocycles. The van der Waals surface area contributed by atoms with Gasteiger partial charge in [-0.3, -0.25) is 4.98 Å². The summed E-state index contributed by atoms with van der Waals surface area (Å²) in [6.07, 6.45) is 6.71. The SMILES string of the molecule is CCCCc1ccc(-c2ccc(CC=O)cn2)cc1. The van der Waals surface area contributed by atoms with Crippen molar-refractivity contribution in [1.29, 1.82) is 0 Å². The highest BCUT2D eigenvalue weighted by molar-refractivity contribution is 5.60. The molecule has 98 valence electrons. The van der Waals surface area contributed by atoms with Crippen LogP contribution in [0, 0.1) is 0 Å².